The van der Waals surface area contributed by atoms with Crippen LogP contribution < -0.4 is 14.9 Å². The molecule has 0 saturated heterocycles. The fraction of sp³-hybridized carbons (Fsp3) is 0.0870. The molecule has 0 radical (unpaired) electrons. The maximum Gasteiger partial charge on any atom is 0.345 e. The van der Waals surface area contributed by atoms with Crippen LogP contribution in [-0.2, 0) is 4.79 Å². The lowest BCUT2D eigenvalue weighted by atomic mass is 10.2. The average Bonchev–Trinajstić information content (AvgIpc) is 2.76. The van der Waals surface area contributed by atoms with E-state index >= 15 is 0 Å². The molecule has 0 aliphatic carbocycles. The molecule has 158 valence electrons. The van der Waals surface area contributed by atoms with Crippen molar-refractivity contribution in [3.63, 3.8) is 0 Å². The van der Waals surface area contributed by atoms with Crippen molar-refractivity contribution >= 4 is 41.3 Å². The normalized spacial score (nSPS) is 11.7. The molecule has 0 spiro atoms. The zero-order valence-corrected chi connectivity index (χ0v) is 17.9. The number of carbonyl (C=O) groups excluding carboxylic acids is 2. The first-order chi connectivity index (χ1) is 14.9. The van der Waals surface area contributed by atoms with Crippen LogP contribution in [0.2, 0.25) is 10.0 Å². The molecule has 1 unspecified atom stereocenters. The van der Waals surface area contributed by atoms with Gasteiger partial charge < -0.3 is 9.47 Å². The monoisotopic (exact) mass is 456 g/mol. The van der Waals surface area contributed by atoms with Gasteiger partial charge in [0, 0.05) is 5.02 Å². The van der Waals surface area contributed by atoms with E-state index in [0.29, 0.717) is 27.1 Å². The summed E-state index contributed by atoms with van der Waals surface area (Å²) in [5, 5.41) is 4.82. The van der Waals surface area contributed by atoms with Crippen molar-refractivity contribution in [3.8, 4) is 11.5 Å². The molecule has 0 bridgehead atoms. The Morgan fingerprint density at radius 3 is 2.26 bits per heavy atom. The summed E-state index contributed by atoms with van der Waals surface area (Å²) >= 11 is 11.8. The summed E-state index contributed by atoms with van der Waals surface area (Å²) in [5.74, 6) is -0.0699. The van der Waals surface area contributed by atoms with Gasteiger partial charge in [0.2, 0.25) is 0 Å². The number of ether oxygens (including phenoxy) is 2. The third-order valence-electron chi connectivity index (χ3n) is 4.07. The van der Waals surface area contributed by atoms with E-state index in [4.69, 9.17) is 32.7 Å². The Kier molecular flexibility index (Phi) is 7.65. The Morgan fingerprint density at radius 2 is 1.58 bits per heavy atom. The van der Waals surface area contributed by atoms with Gasteiger partial charge in [0.15, 0.2) is 6.10 Å². The number of halogens is 2. The van der Waals surface area contributed by atoms with Crippen LogP contribution in [0, 0.1) is 0 Å². The summed E-state index contributed by atoms with van der Waals surface area (Å²) in [7, 11) is 0. The Balaban J connectivity index is 1.51. The number of hydrogen-bond acceptors (Lipinski definition) is 5. The van der Waals surface area contributed by atoms with Gasteiger partial charge in [-0.1, -0.05) is 35.3 Å². The molecular weight excluding hydrogens is 439 g/mol. The molecule has 1 N–H and O–H groups in total. The van der Waals surface area contributed by atoms with Gasteiger partial charge in [-0.25, -0.2) is 10.2 Å². The zero-order chi connectivity index (χ0) is 22.2. The molecule has 0 heterocycles. The van der Waals surface area contributed by atoms with Crippen LogP contribution in [0.4, 0.5) is 0 Å². The molecule has 3 aromatic rings. The maximum absolute atomic E-state index is 12.2. The van der Waals surface area contributed by atoms with E-state index in [2.05, 4.69) is 10.5 Å². The van der Waals surface area contributed by atoms with E-state index in [1.807, 2.05) is 0 Å². The summed E-state index contributed by atoms with van der Waals surface area (Å²) in [6.07, 6.45) is 0.719. The van der Waals surface area contributed by atoms with Crippen molar-refractivity contribution in [2.75, 3.05) is 0 Å². The summed E-state index contributed by atoms with van der Waals surface area (Å²) in [6, 6.07) is 20.0. The zero-order valence-electron chi connectivity index (χ0n) is 16.4. The lowest BCUT2D eigenvalue weighted by molar-refractivity contribution is -0.127. The summed E-state index contributed by atoms with van der Waals surface area (Å²) in [5.41, 5.74) is 3.40. The Bertz CT molecular complexity index is 1080. The van der Waals surface area contributed by atoms with E-state index in [1.54, 1.807) is 79.7 Å². The second kappa shape index (κ2) is 10.6. The first-order valence-electron chi connectivity index (χ1n) is 9.24. The molecule has 31 heavy (non-hydrogen) atoms. The third kappa shape index (κ3) is 6.57. The topological polar surface area (TPSA) is 77.0 Å². The number of rotatable bonds is 7. The van der Waals surface area contributed by atoms with Crippen molar-refractivity contribution in [2.24, 2.45) is 5.10 Å². The molecule has 0 aromatic heterocycles. The van der Waals surface area contributed by atoms with Crippen LogP contribution in [0.3, 0.4) is 0 Å². The van der Waals surface area contributed by atoms with Gasteiger partial charge in [0.1, 0.15) is 11.5 Å². The fourth-order valence-corrected chi connectivity index (χ4v) is 2.78. The van der Waals surface area contributed by atoms with Crippen LogP contribution in [0.25, 0.3) is 0 Å². The highest BCUT2D eigenvalue weighted by Crippen LogP contribution is 2.19. The molecule has 0 aliphatic rings. The van der Waals surface area contributed by atoms with Gasteiger partial charge in [0.05, 0.1) is 16.8 Å². The number of carbonyl (C=O) groups is 2. The summed E-state index contributed by atoms with van der Waals surface area (Å²) < 4.78 is 10.8. The Labute approximate surface area is 189 Å². The predicted octanol–water partition coefficient (Wildman–Crippen LogP) is 5.13. The van der Waals surface area contributed by atoms with Gasteiger partial charge in [0.25, 0.3) is 5.91 Å². The molecular formula is C23H18Cl2N2O4. The summed E-state index contributed by atoms with van der Waals surface area (Å²) in [4.78, 5) is 24.3. The maximum atomic E-state index is 12.2. The van der Waals surface area contributed by atoms with Crippen LogP contribution in [0.1, 0.15) is 22.8 Å². The minimum atomic E-state index is -0.745. The number of nitrogens with zero attached hydrogens (tertiary/aromatic N) is 1. The number of amides is 1. The van der Waals surface area contributed by atoms with Gasteiger partial charge in [-0.15, -0.1) is 0 Å². The number of hydrogen-bond donors (Lipinski definition) is 1. The Morgan fingerprint density at radius 1 is 0.935 bits per heavy atom. The first-order valence-corrected chi connectivity index (χ1v) is 10.00. The molecule has 8 heteroatoms. The molecule has 6 nitrogen and oxygen atoms in total. The highest BCUT2D eigenvalue weighted by atomic mass is 35.5. The van der Waals surface area contributed by atoms with Crippen LogP contribution in [0.5, 0.6) is 11.5 Å². The first kappa shape index (κ1) is 22.3. The number of benzene rings is 3. The predicted molar refractivity (Wildman–Crippen MR) is 120 cm³/mol. The number of nitrogens with one attached hydrogen (secondary N) is 1. The lowest BCUT2D eigenvalue weighted by Crippen LogP contribution is -2.33. The van der Waals surface area contributed by atoms with Crippen LogP contribution in [-0.4, -0.2) is 24.2 Å². The van der Waals surface area contributed by atoms with E-state index in [1.165, 1.54) is 6.21 Å². The van der Waals surface area contributed by atoms with E-state index in [-0.39, 0.29) is 5.56 Å². The molecule has 1 amide bonds. The highest BCUT2D eigenvalue weighted by molar-refractivity contribution is 6.33. The second-order valence-electron chi connectivity index (χ2n) is 6.39. The third-order valence-corrected chi connectivity index (χ3v) is 4.65. The minimum Gasteiger partial charge on any atom is -0.481 e. The molecule has 3 rings (SSSR count). The van der Waals surface area contributed by atoms with E-state index < -0.39 is 18.0 Å². The smallest absolute Gasteiger partial charge is 0.345 e. The van der Waals surface area contributed by atoms with Crippen molar-refractivity contribution in [3.05, 3.63) is 94.0 Å². The molecule has 0 fully saturated rings. The highest BCUT2D eigenvalue weighted by Gasteiger charge is 2.14. The van der Waals surface area contributed by atoms with Crippen LogP contribution in [0.15, 0.2) is 77.9 Å². The minimum absolute atomic E-state index is 0.285. The van der Waals surface area contributed by atoms with E-state index in [9.17, 15) is 9.59 Å². The quantitative estimate of drug-likeness (QED) is 0.231. The largest absolute Gasteiger partial charge is 0.481 e. The van der Waals surface area contributed by atoms with Crippen molar-refractivity contribution in [1.29, 1.82) is 0 Å². The van der Waals surface area contributed by atoms with Crippen LogP contribution >= 0.6 is 23.2 Å². The van der Waals surface area contributed by atoms with E-state index in [0.717, 1.165) is 0 Å². The average molecular weight is 457 g/mol. The Hall–Kier alpha value is -3.35. The molecule has 0 saturated carbocycles. The van der Waals surface area contributed by atoms with Gasteiger partial charge in [-0.05, 0) is 73.2 Å². The molecule has 3 aromatic carbocycles. The van der Waals surface area contributed by atoms with Crippen molar-refractivity contribution in [1.82, 2.24) is 5.43 Å². The standard InChI is InChI=1S/C23H18Cl2N2O4/c1-15(30-18-12-8-17(24)9-13-18)22(28)27-26-14-16-6-10-19(11-7-16)31-23(29)20-4-2-3-5-21(20)25/h2-15H,1H3,(H,27,28). The number of hydrazone groups is 1. The van der Waals surface area contributed by atoms with Gasteiger partial charge in [-0.2, -0.15) is 5.10 Å². The summed E-state index contributed by atoms with van der Waals surface area (Å²) in [6.45, 7) is 1.61. The lowest BCUT2D eigenvalue weighted by Gasteiger charge is -2.12. The molecule has 1 atom stereocenters. The van der Waals surface area contributed by atoms with Gasteiger partial charge in [-0.3, -0.25) is 4.79 Å². The SMILES string of the molecule is CC(Oc1ccc(Cl)cc1)C(=O)NN=Cc1ccc(OC(=O)c2ccccc2Cl)cc1. The molecule has 0 aliphatic heterocycles. The fourth-order valence-electron chi connectivity index (χ4n) is 2.44. The van der Waals surface area contributed by atoms with Gasteiger partial charge >= 0.3 is 5.97 Å². The number of esters is 1. The van der Waals surface area contributed by atoms with Crippen molar-refractivity contribution < 1.29 is 19.1 Å². The van der Waals surface area contributed by atoms with Crippen molar-refractivity contribution in [2.45, 2.75) is 13.0 Å². The second-order valence-corrected chi connectivity index (χ2v) is 7.23.